The molecule has 1 aromatic carbocycles. The lowest BCUT2D eigenvalue weighted by molar-refractivity contribution is -0.124. The molecular formula is C19H29BN2O3. The Labute approximate surface area is 150 Å². The summed E-state index contributed by atoms with van der Waals surface area (Å²) in [5, 5.41) is 22.5. The van der Waals surface area contributed by atoms with Crippen molar-refractivity contribution in [2.45, 2.75) is 57.1 Å². The van der Waals surface area contributed by atoms with Gasteiger partial charge in [0.15, 0.2) is 5.78 Å². The molecule has 0 bridgehead atoms. The van der Waals surface area contributed by atoms with Crippen LogP contribution in [0, 0.1) is 5.92 Å². The van der Waals surface area contributed by atoms with E-state index in [2.05, 4.69) is 34.5 Å². The van der Waals surface area contributed by atoms with Crippen molar-refractivity contribution < 1.29 is 14.8 Å². The topological polar surface area (TPSA) is 72.8 Å². The molecule has 3 N–H and O–H groups in total. The molecule has 1 aromatic rings. The van der Waals surface area contributed by atoms with Gasteiger partial charge in [-0.2, -0.15) is 0 Å². The molecule has 3 rings (SSSR count). The summed E-state index contributed by atoms with van der Waals surface area (Å²) in [6.45, 7) is 4.85. The fourth-order valence-electron chi connectivity index (χ4n) is 4.41. The van der Waals surface area contributed by atoms with E-state index in [0.29, 0.717) is 6.04 Å². The molecule has 2 fully saturated rings. The Morgan fingerprint density at radius 2 is 2.04 bits per heavy atom. The number of benzene rings is 1. The number of nitrogens with one attached hydrogen (secondary N) is 1. The largest absolute Gasteiger partial charge is 0.455 e. The lowest BCUT2D eigenvalue weighted by atomic mass is 9.65. The van der Waals surface area contributed by atoms with Gasteiger partial charge >= 0.3 is 7.12 Å². The lowest BCUT2D eigenvalue weighted by Gasteiger charge is -2.24. The number of carbonyl (C=O) groups excluding carboxylic acids is 1. The molecule has 2 unspecified atom stereocenters. The van der Waals surface area contributed by atoms with Crippen LogP contribution in [-0.2, 0) is 11.3 Å². The Hall–Kier alpha value is -1.21. The molecule has 25 heavy (non-hydrogen) atoms. The third-order valence-electron chi connectivity index (χ3n) is 5.75. The Morgan fingerprint density at radius 1 is 1.28 bits per heavy atom. The third-order valence-corrected chi connectivity index (χ3v) is 5.75. The highest BCUT2D eigenvalue weighted by atomic mass is 16.4. The number of Topliss-reactive ketones (excluding diaryl/α,β-unsaturated/α-hetero) is 1. The highest BCUT2D eigenvalue weighted by Gasteiger charge is 2.41. The number of hydrogen-bond acceptors (Lipinski definition) is 5. The number of hydrogen-bond donors (Lipinski definition) is 3. The van der Waals surface area contributed by atoms with E-state index in [9.17, 15) is 14.8 Å². The van der Waals surface area contributed by atoms with Crippen molar-refractivity contribution in [3.05, 3.63) is 35.9 Å². The first-order valence-electron chi connectivity index (χ1n) is 9.47. The minimum absolute atomic E-state index is 0.136. The summed E-state index contributed by atoms with van der Waals surface area (Å²) in [6, 6.07) is 10.5. The van der Waals surface area contributed by atoms with Gasteiger partial charge in [-0.15, -0.1) is 0 Å². The zero-order valence-electron chi connectivity index (χ0n) is 15.0. The van der Waals surface area contributed by atoms with Gasteiger partial charge in [-0.3, -0.25) is 9.69 Å². The molecule has 1 heterocycles. The van der Waals surface area contributed by atoms with Gasteiger partial charge in [0.2, 0.25) is 0 Å². The first-order chi connectivity index (χ1) is 12.0. The fourth-order valence-corrected chi connectivity index (χ4v) is 4.41. The predicted molar refractivity (Wildman–Crippen MR) is 99.0 cm³/mol. The molecule has 4 atom stereocenters. The summed E-state index contributed by atoms with van der Waals surface area (Å²) >= 11 is 0. The molecule has 1 aliphatic carbocycles. The minimum atomic E-state index is -1.38. The predicted octanol–water partition coefficient (Wildman–Crippen LogP) is 1.45. The van der Waals surface area contributed by atoms with Crippen LogP contribution in [0.5, 0.6) is 0 Å². The maximum atomic E-state index is 12.7. The molecule has 2 aliphatic rings. The molecule has 0 aromatic heterocycles. The van der Waals surface area contributed by atoms with Crippen molar-refractivity contribution in [2.24, 2.45) is 5.92 Å². The Morgan fingerprint density at radius 3 is 2.76 bits per heavy atom. The summed E-state index contributed by atoms with van der Waals surface area (Å²) in [6.07, 6.45) is 3.45. The van der Waals surface area contributed by atoms with E-state index in [0.717, 1.165) is 45.3 Å². The van der Waals surface area contributed by atoms with Gasteiger partial charge in [0.1, 0.15) is 0 Å². The van der Waals surface area contributed by atoms with Crippen molar-refractivity contribution in [2.75, 3.05) is 13.1 Å². The first-order valence-corrected chi connectivity index (χ1v) is 9.47. The van der Waals surface area contributed by atoms with Crippen molar-refractivity contribution in [1.82, 2.24) is 10.2 Å². The van der Waals surface area contributed by atoms with Crippen LogP contribution in [0.15, 0.2) is 30.3 Å². The van der Waals surface area contributed by atoms with Crippen molar-refractivity contribution in [3.8, 4) is 0 Å². The Kier molecular flexibility index (Phi) is 6.28. The van der Waals surface area contributed by atoms with Gasteiger partial charge in [0.05, 0.1) is 6.04 Å². The molecular weight excluding hydrogens is 315 g/mol. The number of rotatable bonds is 7. The number of carbonyl (C=O) groups is 1. The Balaban J connectivity index is 1.48. The minimum Gasteiger partial charge on any atom is -0.427 e. The molecule has 0 radical (unpaired) electrons. The summed E-state index contributed by atoms with van der Waals surface area (Å²) in [5.41, 5.74) is 1.32. The monoisotopic (exact) mass is 344 g/mol. The Bertz CT molecular complexity index is 569. The normalized spacial score (nSPS) is 28.2. The highest BCUT2D eigenvalue weighted by molar-refractivity contribution is 6.44. The van der Waals surface area contributed by atoms with Gasteiger partial charge in [0.25, 0.3) is 0 Å². The van der Waals surface area contributed by atoms with E-state index in [1.54, 1.807) is 0 Å². The van der Waals surface area contributed by atoms with Gasteiger partial charge in [0, 0.05) is 37.4 Å². The summed E-state index contributed by atoms with van der Waals surface area (Å²) in [4.78, 5) is 15.1. The molecule has 136 valence electrons. The van der Waals surface area contributed by atoms with E-state index >= 15 is 0 Å². The smallest absolute Gasteiger partial charge is 0.427 e. The van der Waals surface area contributed by atoms with Crippen LogP contribution in [0.1, 0.15) is 38.2 Å². The maximum absolute atomic E-state index is 12.7. The third kappa shape index (κ3) is 4.70. The highest BCUT2D eigenvalue weighted by Crippen LogP contribution is 2.38. The van der Waals surface area contributed by atoms with Crippen molar-refractivity contribution >= 4 is 12.9 Å². The van der Waals surface area contributed by atoms with Crippen molar-refractivity contribution in [3.63, 3.8) is 0 Å². The fraction of sp³-hybridized carbons (Fsp3) is 0.632. The van der Waals surface area contributed by atoms with Crippen LogP contribution >= 0.6 is 0 Å². The lowest BCUT2D eigenvalue weighted by Crippen LogP contribution is -2.46. The summed E-state index contributed by atoms with van der Waals surface area (Å²) in [5.74, 6) is -0.378. The molecule has 1 aliphatic heterocycles. The summed E-state index contributed by atoms with van der Waals surface area (Å²) < 4.78 is 0. The molecule has 0 amide bonds. The average molecular weight is 344 g/mol. The van der Waals surface area contributed by atoms with Crippen LogP contribution in [0.2, 0.25) is 5.82 Å². The molecule has 6 heteroatoms. The zero-order chi connectivity index (χ0) is 17.8. The van der Waals surface area contributed by atoms with E-state index in [-0.39, 0.29) is 23.6 Å². The molecule has 1 saturated carbocycles. The van der Waals surface area contributed by atoms with Gasteiger partial charge in [-0.25, -0.2) is 0 Å². The number of nitrogens with zero attached hydrogens (tertiary/aromatic N) is 1. The van der Waals surface area contributed by atoms with Crippen LogP contribution in [0.3, 0.4) is 0 Å². The summed E-state index contributed by atoms with van der Waals surface area (Å²) in [7, 11) is -1.38. The molecule has 1 saturated heterocycles. The number of likely N-dealkylation sites (tertiary alicyclic amines) is 1. The van der Waals surface area contributed by atoms with E-state index in [1.807, 2.05) is 13.0 Å². The van der Waals surface area contributed by atoms with Crippen LogP contribution in [0.25, 0.3) is 0 Å². The zero-order valence-corrected chi connectivity index (χ0v) is 15.0. The standard InChI is InChI=1S/C19H29BN2O3/c1-14(19(23)17-8-5-9-18(17)20(24)25)21-16-10-11-22(13-16)12-15-6-3-2-4-7-15/h2-4,6-7,14,16-18,21,24-25H,5,8-13H2,1H3/t14-,16?,17?,18+/m0/s1. The SMILES string of the molecule is C[C@H](NC1CCN(Cc2ccccc2)C1)C(=O)C1CCC[C@H]1B(O)O. The second-order valence-electron chi connectivity index (χ2n) is 7.61. The quantitative estimate of drug-likeness (QED) is 0.653. The van der Waals surface area contributed by atoms with Gasteiger partial charge < -0.3 is 15.4 Å². The average Bonchev–Trinajstić information content (AvgIpc) is 3.24. The van der Waals surface area contributed by atoms with Crippen LogP contribution in [-0.4, -0.2) is 53.0 Å². The first kappa shape index (κ1) is 18.6. The van der Waals surface area contributed by atoms with Gasteiger partial charge in [-0.05, 0) is 25.3 Å². The maximum Gasteiger partial charge on any atom is 0.455 e. The second kappa shape index (κ2) is 8.45. The van der Waals surface area contributed by atoms with E-state index in [1.165, 1.54) is 5.56 Å². The van der Waals surface area contributed by atoms with Crippen LogP contribution in [0.4, 0.5) is 0 Å². The van der Waals surface area contributed by atoms with E-state index in [4.69, 9.17) is 0 Å². The van der Waals surface area contributed by atoms with E-state index < -0.39 is 7.12 Å². The molecule has 5 nitrogen and oxygen atoms in total. The van der Waals surface area contributed by atoms with Crippen molar-refractivity contribution in [1.29, 1.82) is 0 Å². The van der Waals surface area contributed by atoms with Crippen LogP contribution < -0.4 is 5.32 Å². The number of ketones is 1. The second-order valence-corrected chi connectivity index (χ2v) is 7.61. The van der Waals surface area contributed by atoms with Gasteiger partial charge in [-0.1, -0.05) is 43.2 Å². The molecule has 0 spiro atoms.